The van der Waals surface area contributed by atoms with E-state index in [0.717, 1.165) is 19.5 Å². The van der Waals surface area contributed by atoms with Gasteiger partial charge in [-0.25, -0.2) is 0 Å². The molecule has 0 aliphatic heterocycles. The second-order valence-corrected chi connectivity index (χ2v) is 4.41. The molecule has 0 aromatic carbocycles. The van der Waals surface area contributed by atoms with Crippen molar-refractivity contribution in [2.45, 2.75) is 86.0 Å². The molecule has 1 amide bonds. The van der Waals surface area contributed by atoms with E-state index in [1.165, 1.54) is 44.9 Å². The van der Waals surface area contributed by atoms with Gasteiger partial charge in [-0.3, -0.25) is 4.79 Å². The van der Waals surface area contributed by atoms with Crippen molar-refractivity contribution in [3.63, 3.8) is 0 Å². The highest BCUT2D eigenvalue weighted by Gasteiger charge is 1.93. The molecule has 0 atom stereocenters. The molecule has 0 radical (unpaired) electrons. The van der Waals surface area contributed by atoms with Crippen LogP contribution in [0.1, 0.15) is 86.0 Å². The van der Waals surface area contributed by atoms with Gasteiger partial charge in [-0.2, -0.15) is 0 Å². The number of hydrogen-bond acceptors (Lipinski definition) is 2. The van der Waals surface area contributed by atoms with E-state index in [-0.39, 0.29) is 5.91 Å². The van der Waals surface area contributed by atoms with Gasteiger partial charge in [0.1, 0.15) is 0 Å². The molecule has 0 aromatic heterocycles. The maximum Gasteiger partial charge on any atom is 0.216 e. The van der Waals surface area contributed by atoms with Crippen molar-refractivity contribution in [2.75, 3.05) is 20.1 Å². The number of amides is 1. The lowest BCUT2D eigenvalue weighted by atomic mass is 10.1. The van der Waals surface area contributed by atoms with Gasteiger partial charge in [-0.15, -0.1) is 0 Å². The summed E-state index contributed by atoms with van der Waals surface area (Å²) in [5, 5.41) is 5.99. The van der Waals surface area contributed by atoms with Gasteiger partial charge < -0.3 is 10.6 Å². The van der Waals surface area contributed by atoms with Gasteiger partial charge in [0.25, 0.3) is 0 Å². The number of nitrogens with one attached hydrogen (secondary N) is 2. The van der Waals surface area contributed by atoms with Gasteiger partial charge in [-0.05, 0) is 26.4 Å². The average molecular weight is 289 g/mol. The molecule has 0 bridgehead atoms. The zero-order chi connectivity index (χ0) is 16.1. The lowest BCUT2D eigenvalue weighted by Gasteiger charge is -2.03. The Morgan fingerprint density at radius 1 is 0.700 bits per heavy atom. The summed E-state index contributed by atoms with van der Waals surface area (Å²) in [6.45, 7) is 11.6. The molecule has 0 fully saturated rings. The second kappa shape index (κ2) is 26.9. The van der Waals surface area contributed by atoms with E-state index in [9.17, 15) is 4.79 Å². The third-order valence-electron chi connectivity index (χ3n) is 2.73. The van der Waals surface area contributed by atoms with Crippen LogP contribution >= 0.6 is 0 Å². The van der Waals surface area contributed by atoms with Crippen LogP contribution in [-0.2, 0) is 4.79 Å². The summed E-state index contributed by atoms with van der Waals surface area (Å²) in [4.78, 5) is 10.6. The highest BCUT2D eigenvalue weighted by molar-refractivity contribution is 5.72. The fourth-order valence-electron chi connectivity index (χ4n) is 1.75. The predicted molar refractivity (Wildman–Crippen MR) is 92.2 cm³/mol. The Morgan fingerprint density at radius 2 is 1.05 bits per heavy atom. The van der Waals surface area contributed by atoms with E-state index in [4.69, 9.17) is 0 Å². The topological polar surface area (TPSA) is 41.1 Å². The predicted octanol–water partition coefficient (Wildman–Crippen LogP) is 4.52. The van der Waals surface area contributed by atoms with Gasteiger partial charge >= 0.3 is 0 Å². The Morgan fingerprint density at radius 3 is 1.40 bits per heavy atom. The summed E-state index contributed by atoms with van der Waals surface area (Å²) < 4.78 is 0. The van der Waals surface area contributed by atoms with Crippen molar-refractivity contribution >= 4 is 5.91 Å². The first-order chi connectivity index (χ1) is 9.77. The second-order valence-electron chi connectivity index (χ2n) is 4.41. The first kappa shape index (κ1) is 24.4. The Bertz CT molecular complexity index is 161. The van der Waals surface area contributed by atoms with Crippen LogP contribution in [0.2, 0.25) is 0 Å². The summed E-state index contributed by atoms with van der Waals surface area (Å²) in [6, 6.07) is 0. The van der Waals surface area contributed by atoms with Crippen LogP contribution in [0, 0.1) is 0 Å². The standard InChI is InChI=1S/C13H28N2O.2C2H6/c1-13(16)15-12-10-8-6-4-3-5-7-9-11-14-2;2*1-2/h14H,3-12H2,1-2H3,(H,15,16);2*1-2H3. The van der Waals surface area contributed by atoms with Crippen molar-refractivity contribution in [3.8, 4) is 0 Å². The van der Waals surface area contributed by atoms with E-state index in [1.807, 2.05) is 34.7 Å². The summed E-state index contributed by atoms with van der Waals surface area (Å²) in [5.74, 6) is 0.0875. The minimum atomic E-state index is 0.0875. The van der Waals surface area contributed by atoms with Gasteiger partial charge in [0.05, 0.1) is 0 Å². The van der Waals surface area contributed by atoms with Crippen LogP contribution in [0.5, 0.6) is 0 Å². The van der Waals surface area contributed by atoms with Crippen LogP contribution in [-0.4, -0.2) is 26.0 Å². The van der Waals surface area contributed by atoms with E-state index >= 15 is 0 Å². The van der Waals surface area contributed by atoms with Crippen LogP contribution < -0.4 is 10.6 Å². The number of hydrogen-bond donors (Lipinski definition) is 2. The zero-order valence-corrected chi connectivity index (χ0v) is 15.0. The molecule has 0 aliphatic carbocycles. The molecule has 3 heteroatoms. The number of carbonyl (C=O) groups is 1. The number of rotatable bonds is 11. The van der Waals surface area contributed by atoms with Gasteiger partial charge in [0, 0.05) is 13.5 Å². The van der Waals surface area contributed by atoms with Crippen LogP contribution in [0.3, 0.4) is 0 Å². The maximum atomic E-state index is 10.6. The minimum Gasteiger partial charge on any atom is -0.356 e. The van der Waals surface area contributed by atoms with Crippen molar-refractivity contribution in [2.24, 2.45) is 0 Å². The molecule has 20 heavy (non-hydrogen) atoms. The maximum absolute atomic E-state index is 10.6. The molecule has 0 spiro atoms. The molecule has 0 saturated heterocycles. The molecular weight excluding hydrogens is 248 g/mol. The largest absolute Gasteiger partial charge is 0.356 e. The van der Waals surface area contributed by atoms with Crippen LogP contribution in [0.15, 0.2) is 0 Å². The molecule has 0 saturated carbocycles. The Hall–Kier alpha value is -0.570. The normalized spacial score (nSPS) is 8.90. The summed E-state index contributed by atoms with van der Waals surface area (Å²) >= 11 is 0. The highest BCUT2D eigenvalue weighted by atomic mass is 16.1. The lowest BCUT2D eigenvalue weighted by Crippen LogP contribution is -2.20. The summed E-state index contributed by atoms with van der Waals surface area (Å²) in [5.41, 5.74) is 0. The zero-order valence-electron chi connectivity index (χ0n) is 15.0. The molecule has 2 N–H and O–H groups in total. The third-order valence-corrected chi connectivity index (χ3v) is 2.73. The summed E-state index contributed by atoms with van der Waals surface area (Å²) in [7, 11) is 2.01. The third kappa shape index (κ3) is 30.5. The fourth-order valence-corrected chi connectivity index (χ4v) is 1.75. The van der Waals surface area contributed by atoms with Crippen LogP contribution in [0.25, 0.3) is 0 Å². The Kier molecular flexibility index (Phi) is 32.9. The lowest BCUT2D eigenvalue weighted by molar-refractivity contribution is -0.118. The van der Waals surface area contributed by atoms with Crippen LogP contribution in [0.4, 0.5) is 0 Å². The fraction of sp³-hybridized carbons (Fsp3) is 0.941. The van der Waals surface area contributed by atoms with E-state index in [1.54, 1.807) is 6.92 Å². The van der Waals surface area contributed by atoms with E-state index < -0.39 is 0 Å². The monoisotopic (exact) mass is 288 g/mol. The molecule has 0 aliphatic rings. The molecule has 124 valence electrons. The first-order valence-corrected chi connectivity index (χ1v) is 8.66. The minimum absolute atomic E-state index is 0.0875. The average Bonchev–Trinajstić information content (AvgIpc) is 2.48. The van der Waals surface area contributed by atoms with Crippen molar-refractivity contribution < 1.29 is 4.79 Å². The van der Waals surface area contributed by atoms with Gasteiger partial charge in [0.15, 0.2) is 0 Å². The van der Waals surface area contributed by atoms with Crippen molar-refractivity contribution in [1.29, 1.82) is 0 Å². The van der Waals surface area contributed by atoms with Crippen molar-refractivity contribution in [3.05, 3.63) is 0 Å². The Labute approximate surface area is 128 Å². The van der Waals surface area contributed by atoms with Gasteiger partial charge in [0.2, 0.25) is 5.91 Å². The molecule has 0 unspecified atom stereocenters. The van der Waals surface area contributed by atoms with E-state index in [2.05, 4.69) is 10.6 Å². The van der Waals surface area contributed by atoms with Crippen molar-refractivity contribution in [1.82, 2.24) is 10.6 Å². The summed E-state index contributed by atoms with van der Waals surface area (Å²) in [6.07, 6.45) is 10.4. The molecule has 0 heterocycles. The van der Waals surface area contributed by atoms with Gasteiger partial charge in [-0.1, -0.05) is 66.2 Å². The molecule has 0 rings (SSSR count). The Balaban J connectivity index is -0.000000656. The first-order valence-electron chi connectivity index (χ1n) is 8.66. The molecule has 3 nitrogen and oxygen atoms in total. The molecule has 0 aromatic rings. The SMILES string of the molecule is CC.CC.CNCCCCCCCCCCNC(C)=O. The number of unbranched alkanes of at least 4 members (excludes halogenated alkanes) is 7. The molecular formula is C17H40N2O. The van der Waals surface area contributed by atoms with E-state index in [0.29, 0.717) is 0 Å². The smallest absolute Gasteiger partial charge is 0.216 e. The quantitative estimate of drug-likeness (QED) is 0.549. The highest BCUT2D eigenvalue weighted by Crippen LogP contribution is 2.07. The number of carbonyl (C=O) groups excluding carboxylic acids is 1.